The number of esters is 1. The highest BCUT2D eigenvalue weighted by molar-refractivity contribution is 7.59. The molecule has 2 aromatic heterocycles. The van der Waals surface area contributed by atoms with E-state index in [0.29, 0.717) is 16.7 Å². The molecule has 2 N–H and O–H groups in total. The number of benzene rings is 1. The van der Waals surface area contributed by atoms with Gasteiger partial charge < -0.3 is 14.4 Å². The smallest absolute Gasteiger partial charge is 0.468 e. The lowest BCUT2D eigenvalue weighted by Gasteiger charge is -2.52. The minimum atomic E-state index is -4.36. The number of nitrogens with zero attached hydrogens (tertiary/aromatic N) is 3. The van der Waals surface area contributed by atoms with Gasteiger partial charge in [0.05, 0.1) is 38.5 Å². The van der Waals surface area contributed by atoms with E-state index in [0.717, 1.165) is 16.0 Å². The van der Waals surface area contributed by atoms with Gasteiger partial charge in [-0.15, -0.1) is 11.3 Å². The molecule has 1 amide bonds. The van der Waals surface area contributed by atoms with Gasteiger partial charge in [0.1, 0.15) is 12.0 Å². The van der Waals surface area contributed by atoms with Crippen LogP contribution in [0.2, 0.25) is 0 Å². The molecular formula is C38H41F3N4O8PS+. The second kappa shape index (κ2) is 13.6. The largest absolute Gasteiger partial charge is 0.544 e. The molecular weight excluding hydrogens is 760 g/mol. The molecule has 12 nitrogen and oxygen atoms in total. The molecule has 17 heteroatoms. The number of rotatable bonds is 8. The number of methoxy groups -OCH3 is 1. The number of ether oxygens (including phenoxy) is 2. The average molecular weight is 802 g/mol. The summed E-state index contributed by atoms with van der Waals surface area (Å²) in [6, 6.07) is 6.66. The van der Waals surface area contributed by atoms with Crippen molar-refractivity contribution in [3.63, 3.8) is 0 Å². The van der Waals surface area contributed by atoms with Crippen LogP contribution in [0, 0.1) is 5.41 Å². The van der Waals surface area contributed by atoms with Gasteiger partial charge in [-0.1, -0.05) is 50.1 Å². The Labute approximate surface area is 319 Å². The van der Waals surface area contributed by atoms with Crippen molar-refractivity contribution in [2.75, 3.05) is 38.5 Å². The van der Waals surface area contributed by atoms with Gasteiger partial charge in [-0.25, -0.2) is 13.2 Å². The number of morpholine rings is 1. The topological polar surface area (TPSA) is 132 Å². The molecule has 3 aliphatic carbocycles. The van der Waals surface area contributed by atoms with Crippen LogP contribution < -0.4 is 20.0 Å². The minimum Gasteiger partial charge on any atom is -0.468 e. The molecule has 1 aromatic carbocycles. The molecule has 5 aliphatic rings. The van der Waals surface area contributed by atoms with E-state index in [1.54, 1.807) is 33.1 Å². The number of hydrogen-bond donors (Lipinski definition) is 2. The standard InChI is InChI=1S/C38H41F3N4O8PS/c1-6-52-54(49,42-34(36(48)50-5)37(2,3)4)53-32-25(46)13-14-44-31(32)35(47)43-15-16-51-18-26(43)45(44)30-21-9-7-8-10-22(21)33-27-20(19-55-33)17-38(40,41)29-24(39)12-11-23(30)28(27)29/h7-10,13-14,19,26,30,34,42,49H,6,11-12,15-18H2,1-5H3/q+1/t26?,30?,34-,54?/m0/s1. The number of allylic oxidation sites excluding steroid dienone is 3. The van der Waals surface area contributed by atoms with Crippen LogP contribution >= 0.6 is 19.4 Å². The van der Waals surface area contributed by atoms with E-state index >= 15 is 13.2 Å². The molecule has 1 saturated heterocycles. The minimum absolute atomic E-state index is 0.0267. The maximum absolute atomic E-state index is 16.1. The zero-order chi connectivity index (χ0) is 39.2. The Kier molecular flexibility index (Phi) is 9.33. The fraction of sp³-hybridized carbons (Fsp3) is 0.447. The third-order valence-corrected chi connectivity index (χ3v) is 13.4. The Balaban J connectivity index is 1.36. The Morgan fingerprint density at radius 3 is 2.69 bits per heavy atom. The van der Waals surface area contributed by atoms with E-state index in [9.17, 15) is 19.3 Å². The molecule has 3 aromatic rings. The first-order chi connectivity index (χ1) is 26.1. The first-order valence-electron chi connectivity index (χ1n) is 18.0. The Bertz CT molecular complexity index is 2230. The first kappa shape index (κ1) is 37.9. The zero-order valence-corrected chi connectivity index (χ0v) is 32.6. The molecule has 0 saturated carbocycles. The zero-order valence-electron chi connectivity index (χ0n) is 30.9. The molecule has 0 spiro atoms. The molecule has 2 aliphatic heterocycles. The van der Waals surface area contributed by atoms with Gasteiger partial charge in [-0.2, -0.15) is 9.42 Å². The van der Waals surface area contributed by atoms with Crippen LogP contribution in [-0.2, 0) is 25.2 Å². The number of carbonyl (C=O) groups excluding carboxylic acids is 2. The van der Waals surface area contributed by atoms with Crippen LogP contribution in [0.5, 0.6) is 5.75 Å². The highest BCUT2D eigenvalue weighted by Gasteiger charge is 2.55. The van der Waals surface area contributed by atoms with Gasteiger partial charge in [0, 0.05) is 42.1 Å². The Morgan fingerprint density at radius 2 is 1.96 bits per heavy atom. The summed E-state index contributed by atoms with van der Waals surface area (Å²) in [4.78, 5) is 55.7. The summed E-state index contributed by atoms with van der Waals surface area (Å²) in [5, 5.41) is 6.30. The number of aromatic nitrogens is 1. The van der Waals surface area contributed by atoms with Gasteiger partial charge in [-0.05, 0) is 52.0 Å². The molecule has 4 heterocycles. The maximum atomic E-state index is 16.1. The maximum Gasteiger partial charge on any atom is 0.544 e. The third kappa shape index (κ3) is 6.03. The van der Waals surface area contributed by atoms with Gasteiger partial charge in [0.15, 0.2) is 11.7 Å². The van der Waals surface area contributed by atoms with Gasteiger partial charge in [0.25, 0.3) is 17.6 Å². The SMILES string of the molecule is CCO[P+](O)(N[C@@H](C(=O)OC)C(C)(C)C)Oc1c2n(ccc1=O)N(C1C3=C4C(=C(F)CC3)C(F)(F)Cc3csc(c34)-c3ccccc31)C1COCCN1C2=O. The van der Waals surface area contributed by atoms with Crippen LogP contribution in [0.25, 0.3) is 16.0 Å². The molecule has 8 rings (SSSR count). The lowest BCUT2D eigenvalue weighted by molar-refractivity contribution is -0.145. The van der Waals surface area contributed by atoms with Crippen molar-refractivity contribution in [2.45, 2.75) is 71.1 Å². The van der Waals surface area contributed by atoms with E-state index in [4.69, 9.17) is 18.5 Å². The van der Waals surface area contributed by atoms with E-state index in [1.807, 2.05) is 29.3 Å². The molecule has 3 unspecified atom stereocenters. The van der Waals surface area contributed by atoms with Crippen molar-refractivity contribution < 1.29 is 46.2 Å². The van der Waals surface area contributed by atoms with Crippen molar-refractivity contribution in [2.24, 2.45) is 5.41 Å². The number of carbonyl (C=O) groups is 2. The summed E-state index contributed by atoms with van der Waals surface area (Å²) in [6.45, 7) is 7.00. The number of alkyl halides is 2. The lowest BCUT2D eigenvalue weighted by atomic mass is 9.74. The van der Waals surface area contributed by atoms with Crippen LogP contribution in [0.1, 0.15) is 73.8 Å². The van der Waals surface area contributed by atoms with E-state index < -0.39 is 78.6 Å². The summed E-state index contributed by atoms with van der Waals surface area (Å²) in [5.41, 5.74) is 0.793. The van der Waals surface area contributed by atoms with Gasteiger partial charge in [0.2, 0.25) is 5.43 Å². The molecule has 4 atom stereocenters. The highest BCUT2D eigenvalue weighted by Crippen LogP contribution is 2.60. The summed E-state index contributed by atoms with van der Waals surface area (Å²) in [6.07, 6.45) is -0.163. The Hall–Kier alpha value is -4.05. The van der Waals surface area contributed by atoms with E-state index in [1.165, 1.54) is 40.3 Å². The summed E-state index contributed by atoms with van der Waals surface area (Å²) >= 11 is 1.33. The normalized spacial score (nSPS) is 22.9. The number of nitrogens with one attached hydrogen (secondary N) is 1. The number of halogens is 3. The van der Waals surface area contributed by atoms with Crippen molar-refractivity contribution in [1.82, 2.24) is 14.7 Å². The average Bonchev–Trinajstić information content (AvgIpc) is 3.50. The summed E-state index contributed by atoms with van der Waals surface area (Å²) in [7, 11) is -3.16. The second-order valence-electron chi connectivity index (χ2n) is 15.1. The molecule has 55 heavy (non-hydrogen) atoms. The van der Waals surface area contributed by atoms with Crippen LogP contribution in [0.15, 0.2) is 63.7 Å². The van der Waals surface area contributed by atoms with Crippen molar-refractivity contribution in [3.8, 4) is 16.2 Å². The van der Waals surface area contributed by atoms with Crippen molar-refractivity contribution in [3.05, 3.63) is 91.5 Å². The number of fused-ring (bicyclic) bond motifs is 4. The second-order valence-corrected chi connectivity index (χ2v) is 17.8. The molecule has 1 fully saturated rings. The molecule has 0 bridgehead atoms. The quantitative estimate of drug-likeness (QED) is 0.198. The predicted molar refractivity (Wildman–Crippen MR) is 200 cm³/mol. The number of hydrogen-bond acceptors (Lipinski definition) is 11. The molecule has 0 radical (unpaired) electrons. The monoisotopic (exact) mass is 801 g/mol. The fourth-order valence-electron chi connectivity index (χ4n) is 8.36. The number of pyridine rings is 1. The lowest BCUT2D eigenvalue weighted by Crippen LogP contribution is -2.66. The third-order valence-electron chi connectivity index (χ3n) is 10.7. The molecule has 292 valence electrons. The summed E-state index contributed by atoms with van der Waals surface area (Å²) < 4.78 is 72.2. The highest BCUT2D eigenvalue weighted by atomic mass is 32.1. The first-order valence-corrected chi connectivity index (χ1v) is 20.5. The van der Waals surface area contributed by atoms with Crippen molar-refractivity contribution in [1.29, 1.82) is 0 Å². The van der Waals surface area contributed by atoms with Crippen LogP contribution in [-0.4, -0.2) is 78.0 Å². The van der Waals surface area contributed by atoms with E-state index in [-0.39, 0.29) is 50.5 Å². The fourth-order valence-corrected chi connectivity index (χ4v) is 11.3. The summed E-state index contributed by atoms with van der Waals surface area (Å²) in [5.74, 6) is -6.18. The van der Waals surface area contributed by atoms with Crippen molar-refractivity contribution >= 4 is 36.9 Å². The Morgan fingerprint density at radius 1 is 1.20 bits per heavy atom. The number of amides is 1. The van der Waals surface area contributed by atoms with Gasteiger partial charge in [-0.3, -0.25) is 28.6 Å². The van der Waals surface area contributed by atoms with Gasteiger partial charge >= 0.3 is 14.1 Å². The number of thiophene rings is 1. The van der Waals surface area contributed by atoms with Crippen LogP contribution in [0.3, 0.4) is 0 Å². The predicted octanol–water partition coefficient (Wildman–Crippen LogP) is 6.31. The van der Waals surface area contributed by atoms with Crippen LogP contribution in [0.4, 0.5) is 13.2 Å². The van der Waals surface area contributed by atoms with E-state index in [2.05, 4.69) is 5.09 Å².